The summed E-state index contributed by atoms with van der Waals surface area (Å²) in [4.78, 5) is 4.52. The van der Waals surface area contributed by atoms with Gasteiger partial charge in [0.15, 0.2) is 5.82 Å². The molecule has 0 aliphatic rings. The van der Waals surface area contributed by atoms with Crippen LogP contribution in [0.2, 0.25) is 5.02 Å². The maximum Gasteiger partial charge on any atom is 0.163 e. The summed E-state index contributed by atoms with van der Waals surface area (Å²) in [6.07, 6.45) is 4.88. The Kier molecular flexibility index (Phi) is 2.89. The number of aryl methyl sites for hydroxylation is 1. The molecule has 0 aliphatic heterocycles. The van der Waals surface area contributed by atoms with Gasteiger partial charge in [-0.2, -0.15) is 5.10 Å². The summed E-state index contributed by atoms with van der Waals surface area (Å²) in [6.45, 7) is 1.92. The molecule has 82 valence electrons. The van der Waals surface area contributed by atoms with Crippen LogP contribution in [-0.2, 0) is 0 Å². The summed E-state index contributed by atoms with van der Waals surface area (Å²) in [6, 6.07) is 1.85. The zero-order valence-electron chi connectivity index (χ0n) is 8.51. The molecule has 4 nitrogen and oxygen atoms in total. The van der Waals surface area contributed by atoms with E-state index in [1.165, 1.54) is 6.20 Å². The summed E-state index contributed by atoms with van der Waals surface area (Å²) in [7, 11) is 0. The highest BCUT2D eigenvalue weighted by atomic mass is 35.5. The van der Waals surface area contributed by atoms with Crippen LogP contribution >= 0.6 is 23.8 Å². The van der Waals surface area contributed by atoms with E-state index in [2.05, 4.69) is 10.1 Å². The average Bonchev–Trinajstić information content (AvgIpc) is 2.63. The number of nitrogens with zero attached hydrogens (tertiary/aromatic N) is 3. The van der Waals surface area contributed by atoms with Crippen molar-refractivity contribution in [1.29, 1.82) is 0 Å². The van der Waals surface area contributed by atoms with Gasteiger partial charge in [0.2, 0.25) is 0 Å². The molecule has 0 aromatic carbocycles. The molecule has 0 fully saturated rings. The normalized spacial score (nSPS) is 10.4. The quantitative estimate of drug-likeness (QED) is 0.829. The van der Waals surface area contributed by atoms with E-state index in [0.717, 1.165) is 11.1 Å². The van der Waals surface area contributed by atoms with Crippen LogP contribution in [0.1, 0.15) is 11.1 Å². The number of hydrogen-bond acceptors (Lipinski definition) is 3. The summed E-state index contributed by atoms with van der Waals surface area (Å²) < 4.78 is 1.56. The van der Waals surface area contributed by atoms with Crippen LogP contribution in [0.15, 0.2) is 24.7 Å². The first-order valence-electron chi connectivity index (χ1n) is 4.55. The standard InChI is InChI=1S/C10H9ClN4S/c1-6-2-3-13-10(8(6)9(12)16)15-5-7(11)4-14-15/h2-5H,1H3,(H2,12,16). The second kappa shape index (κ2) is 4.19. The van der Waals surface area contributed by atoms with E-state index >= 15 is 0 Å². The highest BCUT2D eigenvalue weighted by Gasteiger charge is 2.12. The van der Waals surface area contributed by atoms with Crippen molar-refractivity contribution in [3.63, 3.8) is 0 Å². The van der Waals surface area contributed by atoms with Crippen LogP contribution in [0.3, 0.4) is 0 Å². The Balaban J connectivity index is 2.65. The molecule has 2 rings (SSSR count). The fraction of sp³-hybridized carbons (Fsp3) is 0.100. The van der Waals surface area contributed by atoms with Crippen LogP contribution in [-0.4, -0.2) is 19.8 Å². The molecule has 0 aliphatic carbocycles. The second-order valence-electron chi connectivity index (χ2n) is 3.29. The highest BCUT2D eigenvalue weighted by molar-refractivity contribution is 7.80. The molecule has 0 radical (unpaired) electrons. The first-order chi connectivity index (χ1) is 7.59. The number of aromatic nitrogens is 3. The number of halogens is 1. The van der Waals surface area contributed by atoms with E-state index in [4.69, 9.17) is 29.6 Å². The lowest BCUT2D eigenvalue weighted by Gasteiger charge is -2.09. The fourth-order valence-corrected chi connectivity index (χ4v) is 1.83. The monoisotopic (exact) mass is 252 g/mol. The third-order valence-corrected chi connectivity index (χ3v) is 2.55. The molecular weight excluding hydrogens is 244 g/mol. The molecular formula is C10H9ClN4S. The molecule has 0 unspecified atom stereocenters. The van der Waals surface area contributed by atoms with Crippen LogP contribution < -0.4 is 5.73 Å². The summed E-state index contributed by atoms with van der Waals surface area (Å²) in [5, 5.41) is 4.62. The zero-order valence-corrected chi connectivity index (χ0v) is 10.1. The van der Waals surface area contributed by atoms with Crippen LogP contribution in [0.5, 0.6) is 0 Å². The lowest BCUT2D eigenvalue weighted by atomic mass is 10.1. The Morgan fingerprint density at radius 2 is 2.31 bits per heavy atom. The first kappa shape index (κ1) is 11.0. The van der Waals surface area contributed by atoms with Crippen molar-refractivity contribution in [3.8, 4) is 5.82 Å². The summed E-state index contributed by atoms with van der Waals surface area (Å²) >= 11 is 10.8. The van der Waals surface area contributed by atoms with Crippen molar-refractivity contribution in [1.82, 2.24) is 14.8 Å². The Morgan fingerprint density at radius 1 is 1.56 bits per heavy atom. The van der Waals surface area contributed by atoms with Crippen LogP contribution in [0.4, 0.5) is 0 Å². The molecule has 2 aromatic heterocycles. The lowest BCUT2D eigenvalue weighted by Crippen LogP contribution is -2.16. The average molecular weight is 253 g/mol. The SMILES string of the molecule is Cc1ccnc(-n2cc(Cl)cn2)c1C(N)=S. The number of nitrogens with two attached hydrogens (primary N) is 1. The van der Waals surface area contributed by atoms with E-state index in [1.54, 1.807) is 17.1 Å². The van der Waals surface area contributed by atoms with Gasteiger partial charge in [-0.05, 0) is 18.6 Å². The maximum atomic E-state index is 5.81. The number of hydrogen-bond donors (Lipinski definition) is 1. The van der Waals surface area contributed by atoms with E-state index in [0.29, 0.717) is 15.8 Å². The van der Waals surface area contributed by atoms with Gasteiger partial charge in [0, 0.05) is 6.20 Å². The molecule has 0 amide bonds. The zero-order chi connectivity index (χ0) is 11.7. The van der Waals surface area contributed by atoms with E-state index in [-0.39, 0.29) is 0 Å². The maximum absolute atomic E-state index is 5.81. The smallest absolute Gasteiger partial charge is 0.163 e. The molecule has 2 aromatic rings. The Morgan fingerprint density at radius 3 is 2.88 bits per heavy atom. The van der Waals surface area contributed by atoms with Gasteiger partial charge in [-0.15, -0.1) is 0 Å². The van der Waals surface area contributed by atoms with Gasteiger partial charge in [0.1, 0.15) is 4.99 Å². The molecule has 6 heteroatoms. The van der Waals surface area contributed by atoms with Crippen molar-refractivity contribution in [3.05, 3.63) is 40.8 Å². The molecule has 2 heterocycles. The van der Waals surface area contributed by atoms with E-state index < -0.39 is 0 Å². The van der Waals surface area contributed by atoms with Crippen molar-refractivity contribution in [2.45, 2.75) is 6.92 Å². The minimum Gasteiger partial charge on any atom is -0.389 e. The Bertz CT molecular complexity index is 550. The van der Waals surface area contributed by atoms with Crippen molar-refractivity contribution < 1.29 is 0 Å². The van der Waals surface area contributed by atoms with Crippen molar-refractivity contribution in [2.75, 3.05) is 0 Å². The molecule has 0 bridgehead atoms. The molecule has 0 saturated heterocycles. The molecule has 2 N–H and O–H groups in total. The van der Waals surface area contributed by atoms with Gasteiger partial charge in [-0.3, -0.25) is 0 Å². The van der Waals surface area contributed by atoms with E-state index in [1.807, 2.05) is 13.0 Å². The van der Waals surface area contributed by atoms with Gasteiger partial charge in [0.05, 0.1) is 23.0 Å². The third kappa shape index (κ3) is 1.91. The Hall–Kier alpha value is -1.46. The number of pyridine rings is 1. The minimum atomic E-state index is 0.298. The van der Waals surface area contributed by atoms with Gasteiger partial charge in [-0.1, -0.05) is 23.8 Å². The summed E-state index contributed by atoms with van der Waals surface area (Å²) in [5.74, 6) is 0.597. The number of rotatable bonds is 2. The second-order valence-corrected chi connectivity index (χ2v) is 4.17. The Labute approximate surface area is 103 Å². The predicted octanol–water partition coefficient (Wildman–Crippen LogP) is 1.86. The van der Waals surface area contributed by atoms with E-state index in [9.17, 15) is 0 Å². The third-order valence-electron chi connectivity index (χ3n) is 2.15. The fourth-order valence-electron chi connectivity index (χ4n) is 1.44. The highest BCUT2D eigenvalue weighted by Crippen LogP contribution is 2.17. The molecule has 0 spiro atoms. The predicted molar refractivity (Wildman–Crippen MR) is 67.0 cm³/mol. The summed E-state index contributed by atoms with van der Waals surface area (Å²) in [5.41, 5.74) is 7.36. The van der Waals surface area contributed by atoms with Crippen molar-refractivity contribution in [2.24, 2.45) is 5.73 Å². The van der Waals surface area contributed by atoms with Gasteiger partial charge < -0.3 is 5.73 Å². The minimum absolute atomic E-state index is 0.298. The molecule has 16 heavy (non-hydrogen) atoms. The first-order valence-corrected chi connectivity index (χ1v) is 5.34. The van der Waals surface area contributed by atoms with Crippen molar-refractivity contribution >= 4 is 28.8 Å². The topological polar surface area (TPSA) is 56.7 Å². The van der Waals surface area contributed by atoms with Crippen LogP contribution in [0, 0.1) is 6.92 Å². The largest absolute Gasteiger partial charge is 0.389 e. The van der Waals surface area contributed by atoms with Gasteiger partial charge >= 0.3 is 0 Å². The van der Waals surface area contributed by atoms with Gasteiger partial charge in [-0.25, -0.2) is 9.67 Å². The van der Waals surface area contributed by atoms with Gasteiger partial charge in [0.25, 0.3) is 0 Å². The molecule has 0 atom stereocenters. The number of thiocarbonyl (C=S) groups is 1. The van der Waals surface area contributed by atoms with Crippen LogP contribution in [0.25, 0.3) is 5.82 Å². The lowest BCUT2D eigenvalue weighted by molar-refractivity contribution is 0.842. The molecule has 0 saturated carbocycles.